The van der Waals surface area contributed by atoms with Gasteiger partial charge < -0.3 is 0 Å². The summed E-state index contributed by atoms with van der Waals surface area (Å²) in [7, 11) is 0. The van der Waals surface area contributed by atoms with Crippen molar-refractivity contribution in [1.82, 2.24) is 4.98 Å². The first-order chi connectivity index (χ1) is 8.74. The zero-order valence-electron chi connectivity index (χ0n) is 9.06. The van der Waals surface area contributed by atoms with Crippen LogP contribution >= 0.6 is 22.7 Å². The number of nitrogens with zero attached hydrogens (tertiary/aromatic N) is 1. The van der Waals surface area contributed by atoms with E-state index in [1.165, 1.54) is 17.4 Å². The molecule has 0 amide bonds. The molecule has 0 N–H and O–H groups in total. The minimum atomic E-state index is -0.461. The monoisotopic (exact) mass is 279 g/mol. The Kier molecular flexibility index (Phi) is 2.93. The van der Waals surface area contributed by atoms with Gasteiger partial charge in [-0.3, -0.25) is 0 Å². The molecule has 0 aliphatic rings. The molecule has 3 aromatic rings. The van der Waals surface area contributed by atoms with Crippen LogP contribution in [0, 0.1) is 11.6 Å². The summed E-state index contributed by atoms with van der Waals surface area (Å²) >= 11 is 3.00. The molecule has 0 saturated heterocycles. The highest BCUT2D eigenvalue weighted by Gasteiger charge is 2.11. The van der Waals surface area contributed by atoms with Crippen molar-refractivity contribution in [2.45, 2.75) is 0 Å². The topological polar surface area (TPSA) is 12.9 Å². The van der Waals surface area contributed by atoms with E-state index >= 15 is 0 Å². The largest absolute Gasteiger partial charge is 0.235 e. The summed E-state index contributed by atoms with van der Waals surface area (Å²) in [6, 6.07) is 7.28. The summed E-state index contributed by atoms with van der Waals surface area (Å²) in [6.07, 6.45) is 0. The minimum absolute atomic E-state index is 0.203. The smallest absolute Gasteiger partial charge is 0.134 e. The third-order valence-corrected chi connectivity index (χ3v) is 4.32. The number of thiophene rings is 1. The SMILES string of the molecule is Fc1ccc(F)c(-c2csc(-c3cccs3)n2)c1. The van der Waals surface area contributed by atoms with Gasteiger partial charge in [0.2, 0.25) is 0 Å². The second-order valence-electron chi connectivity index (χ2n) is 3.64. The first-order valence-electron chi connectivity index (χ1n) is 5.19. The highest BCUT2D eigenvalue weighted by atomic mass is 32.1. The Balaban J connectivity index is 2.05. The van der Waals surface area contributed by atoms with Gasteiger partial charge in [0, 0.05) is 10.9 Å². The third-order valence-electron chi connectivity index (χ3n) is 2.44. The Morgan fingerprint density at radius 3 is 2.72 bits per heavy atom. The number of halogens is 2. The number of aromatic nitrogens is 1. The van der Waals surface area contributed by atoms with Gasteiger partial charge in [-0.1, -0.05) is 6.07 Å². The van der Waals surface area contributed by atoms with Crippen molar-refractivity contribution in [3.8, 4) is 21.1 Å². The molecular formula is C13H7F2NS2. The lowest BCUT2D eigenvalue weighted by Gasteiger charge is -1.98. The van der Waals surface area contributed by atoms with Gasteiger partial charge >= 0.3 is 0 Å². The van der Waals surface area contributed by atoms with E-state index in [1.54, 1.807) is 16.7 Å². The quantitative estimate of drug-likeness (QED) is 0.655. The standard InChI is InChI=1S/C13H7F2NS2/c14-8-3-4-10(15)9(6-8)11-7-18-13(16-11)12-2-1-5-17-12/h1-7H. The van der Waals surface area contributed by atoms with Crippen LogP contribution < -0.4 is 0 Å². The first-order valence-corrected chi connectivity index (χ1v) is 6.95. The summed E-state index contributed by atoms with van der Waals surface area (Å²) in [5, 5.41) is 4.52. The second-order valence-corrected chi connectivity index (χ2v) is 5.45. The van der Waals surface area contributed by atoms with Gasteiger partial charge in [0.05, 0.1) is 10.6 Å². The lowest BCUT2D eigenvalue weighted by Crippen LogP contribution is -1.86. The molecule has 2 heterocycles. The van der Waals surface area contributed by atoms with Gasteiger partial charge in [-0.15, -0.1) is 22.7 Å². The van der Waals surface area contributed by atoms with Crippen molar-refractivity contribution in [3.63, 3.8) is 0 Å². The van der Waals surface area contributed by atoms with Gasteiger partial charge in [-0.2, -0.15) is 0 Å². The number of rotatable bonds is 2. The molecule has 18 heavy (non-hydrogen) atoms. The Bertz CT molecular complexity index is 674. The lowest BCUT2D eigenvalue weighted by molar-refractivity contribution is 0.603. The Labute approximate surface area is 110 Å². The van der Waals surface area contributed by atoms with Crippen LogP contribution in [0.25, 0.3) is 21.1 Å². The van der Waals surface area contributed by atoms with Gasteiger partial charge in [0.25, 0.3) is 0 Å². The van der Waals surface area contributed by atoms with Crippen molar-refractivity contribution < 1.29 is 8.78 Å². The summed E-state index contributed by atoms with van der Waals surface area (Å²) in [4.78, 5) is 5.38. The number of hydrogen-bond donors (Lipinski definition) is 0. The van der Waals surface area contributed by atoms with Gasteiger partial charge in [-0.25, -0.2) is 13.8 Å². The molecule has 5 heteroatoms. The van der Waals surface area contributed by atoms with Crippen LogP contribution in [0.4, 0.5) is 8.78 Å². The van der Waals surface area contributed by atoms with E-state index in [-0.39, 0.29) is 5.56 Å². The van der Waals surface area contributed by atoms with Crippen LogP contribution in [-0.2, 0) is 0 Å². The Hall–Kier alpha value is -1.59. The summed E-state index contributed by atoms with van der Waals surface area (Å²) < 4.78 is 26.7. The Morgan fingerprint density at radius 1 is 1.06 bits per heavy atom. The van der Waals surface area contributed by atoms with E-state index in [0.29, 0.717) is 5.69 Å². The van der Waals surface area contributed by atoms with E-state index in [2.05, 4.69) is 4.98 Å². The van der Waals surface area contributed by atoms with Crippen molar-refractivity contribution in [1.29, 1.82) is 0 Å². The molecule has 0 fully saturated rings. The molecule has 0 spiro atoms. The van der Waals surface area contributed by atoms with Crippen molar-refractivity contribution in [2.24, 2.45) is 0 Å². The highest BCUT2D eigenvalue weighted by Crippen LogP contribution is 2.32. The molecule has 0 bridgehead atoms. The molecule has 0 unspecified atom stereocenters. The molecule has 2 aromatic heterocycles. The van der Waals surface area contributed by atoms with Crippen molar-refractivity contribution in [2.75, 3.05) is 0 Å². The predicted molar refractivity (Wildman–Crippen MR) is 70.8 cm³/mol. The normalized spacial score (nSPS) is 10.8. The van der Waals surface area contributed by atoms with Crippen molar-refractivity contribution in [3.05, 3.63) is 52.7 Å². The molecule has 1 aromatic carbocycles. The maximum absolute atomic E-state index is 13.6. The molecule has 3 rings (SSSR count). The molecule has 1 nitrogen and oxygen atoms in total. The van der Waals surface area contributed by atoms with Crippen LogP contribution in [0.1, 0.15) is 0 Å². The highest BCUT2D eigenvalue weighted by molar-refractivity contribution is 7.20. The Morgan fingerprint density at radius 2 is 1.94 bits per heavy atom. The van der Waals surface area contributed by atoms with E-state index in [1.807, 2.05) is 17.5 Å². The molecule has 0 saturated carbocycles. The third kappa shape index (κ3) is 2.07. The number of hydrogen-bond acceptors (Lipinski definition) is 3. The van der Waals surface area contributed by atoms with Crippen molar-refractivity contribution >= 4 is 22.7 Å². The van der Waals surface area contributed by atoms with Crippen LogP contribution in [0.2, 0.25) is 0 Å². The maximum atomic E-state index is 13.6. The van der Waals surface area contributed by atoms with Gasteiger partial charge in [0.15, 0.2) is 0 Å². The van der Waals surface area contributed by atoms with Crippen LogP contribution in [0.15, 0.2) is 41.1 Å². The fourth-order valence-electron chi connectivity index (χ4n) is 1.60. The molecule has 0 aliphatic carbocycles. The zero-order valence-corrected chi connectivity index (χ0v) is 10.7. The van der Waals surface area contributed by atoms with E-state index in [9.17, 15) is 8.78 Å². The molecule has 0 radical (unpaired) electrons. The van der Waals surface area contributed by atoms with Gasteiger partial charge in [0.1, 0.15) is 16.6 Å². The average Bonchev–Trinajstić information content (AvgIpc) is 3.00. The minimum Gasteiger partial charge on any atom is -0.235 e. The maximum Gasteiger partial charge on any atom is 0.134 e. The fraction of sp³-hybridized carbons (Fsp3) is 0. The number of thiazole rings is 1. The van der Waals surface area contributed by atoms with Crippen LogP contribution in [0.5, 0.6) is 0 Å². The molecule has 0 atom stereocenters. The second kappa shape index (κ2) is 4.59. The average molecular weight is 279 g/mol. The first kappa shape index (κ1) is 11.5. The zero-order chi connectivity index (χ0) is 12.5. The van der Waals surface area contributed by atoms with Crippen LogP contribution in [-0.4, -0.2) is 4.98 Å². The van der Waals surface area contributed by atoms with E-state index in [0.717, 1.165) is 22.0 Å². The summed E-state index contributed by atoms with van der Waals surface area (Å²) in [5.41, 5.74) is 0.675. The summed E-state index contributed by atoms with van der Waals surface area (Å²) in [5.74, 6) is -0.920. The van der Waals surface area contributed by atoms with Crippen LogP contribution in [0.3, 0.4) is 0 Å². The van der Waals surface area contributed by atoms with Gasteiger partial charge in [-0.05, 0) is 29.6 Å². The fourth-order valence-corrected chi connectivity index (χ4v) is 3.24. The molecular weight excluding hydrogens is 272 g/mol. The molecule has 0 aliphatic heterocycles. The number of benzene rings is 1. The summed E-state index contributed by atoms with van der Waals surface area (Å²) in [6.45, 7) is 0. The lowest BCUT2D eigenvalue weighted by atomic mass is 10.1. The van der Waals surface area contributed by atoms with E-state index in [4.69, 9.17) is 0 Å². The predicted octanol–water partition coefficient (Wildman–Crippen LogP) is 4.82. The molecule has 90 valence electrons. The van der Waals surface area contributed by atoms with E-state index < -0.39 is 11.6 Å².